The van der Waals surface area contributed by atoms with Crippen molar-refractivity contribution in [1.29, 1.82) is 0 Å². The number of fused-ring (bicyclic) bond motifs is 1. The van der Waals surface area contributed by atoms with Crippen LogP contribution in [-0.2, 0) is 35.6 Å². The quantitative estimate of drug-likeness (QED) is 0.253. The molecule has 4 aliphatic rings. The molecule has 1 heterocycles. The van der Waals surface area contributed by atoms with Crippen LogP contribution in [0.5, 0.6) is 0 Å². The average Bonchev–Trinajstić information content (AvgIpc) is 3.89. The topological polar surface area (TPSA) is 142 Å². The highest BCUT2D eigenvalue weighted by Crippen LogP contribution is 2.46. The minimum absolute atomic E-state index is 0.102. The number of hydrogen-bond donors (Lipinski definition) is 2. The van der Waals surface area contributed by atoms with Gasteiger partial charge in [0.2, 0.25) is 21.8 Å². The van der Waals surface area contributed by atoms with E-state index in [9.17, 15) is 27.6 Å². The summed E-state index contributed by atoms with van der Waals surface area (Å²) in [5.74, 6) is -3.68. The van der Waals surface area contributed by atoms with E-state index in [0.29, 0.717) is 32.4 Å². The fourth-order valence-electron chi connectivity index (χ4n) is 6.44. The maximum atomic E-state index is 13.9. The third-order valence-corrected chi connectivity index (χ3v) is 11.1. The highest BCUT2D eigenvalue weighted by Gasteiger charge is 2.62. The summed E-state index contributed by atoms with van der Waals surface area (Å²) in [5.41, 5.74) is 0.377. The molecule has 3 aliphatic carbocycles. The molecule has 0 spiro atoms. The van der Waals surface area contributed by atoms with Crippen LogP contribution in [0.2, 0.25) is 0 Å². The van der Waals surface area contributed by atoms with E-state index >= 15 is 0 Å². The Bertz CT molecular complexity index is 1440. The number of amides is 4. The maximum Gasteiger partial charge on any atom is 0.414 e. The van der Waals surface area contributed by atoms with Crippen molar-refractivity contribution in [1.82, 2.24) is 14.9 Å². The molecule has 0 aromatic heterocycles. The van der Waals surface area contributed by atoms with Gasteiger partial charge < -0.3 is 15.0 Å². The predicted octanol–water partition coefficient (Wildman–Crippen LogP) is 3.06. The maximum absolute atomic E-state index is 13.9. The van der Waals surface area contributed by atoms with Gasteiger partial charge in [-0.2, -0.15) is 0 Å². The Morgan fingerprint density at radius 1 is 1.11 bits per heavy atom. The van der Waals surface area contributed by atoms with Gasteiger partial charge in [-0.1, -0.05) is 30.4 Å². The van der Waals surface area contributed by atoms with Crippen molar-refractivity contribution < 1.29 is 32.3 Å². The van der Waals surface area contributed by atoms with Crippen molar-refractivity contribution in [3.05, 3.63) is 55.1 Å². The second-order valence-corrected chi connectivity index (χ2v) is 14.4. The molecule has 0 radical (unpaired) electrons. The first-order chi connectivity index (χ1) is 21.0. The zero-order valence-electron chi connectivity index (χ0n) is 25.2. The molecule has 0 bridgehead atoms. The second kappa shape index (κ2) is 12.7. The third-order valence-electron chi connectivity index (χ3n) is 9.33. The number of para-hydroxylation sites is 1. The first kappa shape index (κ1) is 31.7. The number of anilines is 1. The number of nitrogens with one attached hydrogen (secondary N) is 2. The van der Waals surface area contributed by atoms with Gasteiger partial charge in [0.25, 0.3) is 5.91 Å². The molecule has 3 fully saturated rings. The van der Waals surface area contributed by atoms with Crippen molar-refractivity contribution in [2.75, 3.05) is 25.0 Å². The number of carbonyl (C=O) groups is 4. The van der Waals surface area contributed by atoms with Crippen LogP contribution in [0.3, 0.4) is 0 Å². The Balaban J connectivity index is 1.31. The van der Waals surface area contributed by atoms with Crippen LogP contribution in [0.25, 0.3) is 0 Å². The van der Waals surface area contributed by atoms with Crippen LogP contribution in [0.4, 0.5) is 10.5 Å². The van der Waals surface area contributed by atoms with E-state index in [4.69, 9.17) is 4.74 Å². The standard InChI is InChI=1S/C32H42N4O7S/c1-4-6-7-10-16-35(3)29(38)26-19-23(43-31(40)36-17-15-21-11-8-9-12-27(21)36)18-25(26)28(37)33-32(20-22(32)5-2)30(39)34-44(41,42)24-13-14-24/h4-5,8-9,11-12,22-26H,1-2,6-7,10,13-20H2,3H3,(H,33,37)(H,34,39). The minimum atomic E-state index is -3.83. The van der Waals surface area contributed by atoms with Crippen molar-refractivity contribution in [3.63, 3.8) is 0 Å². The number of benzene rings is 1. The van der Waals surface area contributed by atoms with Gasteiger partial charge in [-0.15, -0.1) is 13.2 Å². The number of unbranched alkanes of at least 4 members (excludes halogenated alkanes) is 2. The molecule has 5 atom stereocenters. The largest absolute Gasteiger partial charge is 0.446 e. The van der Waals surface area contributed by atoms with Gasteiger partial charge in [-0.25, -0.2) is 13.2 Å². The molecule has 238 valence electrons. The Hall–Kier alpha value is -3.67. The first-order valence-corrected chi connectivity index (χ1v) is 17.0. The van der Waals surface area contributed by atoms with Gasteiger partial charge >= 0.3 is 6.09 Å². The number of carbonyl (C=O) groups excluding carboxylic acids is 4. The van der Waals surface area contributed by atoms with Crippen LogP contribution in [-0.4, -0.2) is 74.2 Å². The van der Waals surface area contributed by atoms with Crippen molar-refractivity contribution in [3.8, 4) is 0 Å². The molecule has 44 heavy (non-hydrogen) atoms. The van der Waals surface area contributed by atoms with E-state index in [0.717, 1.165) is 30.5 Å². The molecule has 1 aromatic carbocycles. The van der Waals surface area contributed by atoms with Crippen LogP contribution in [0.1, 0.15) is 56.9 Å². The smallest absolute Gasteiger partial charge is 0.414 e. The third kappa shape index (κ3) is 6.55. The van der Waals surface area contributed by atoms with Crippen LogP contribution >= 0.6 is 0 Å². The Labute approximate surface area is 259 Å². The highest BCUT2D eigenvalue weighted by molar-refractivity contribution is 7.91. The summed E-state index contributed by atoms with van der Waals surface area (Å²) < 4.78 is 33.1. The fourth-order valence-corrected chi connectivity index (χ4v) is 7.81. The molecule has 2 N–H and O–H groups in total. The van der Waals surface area contributed by atoms with Crippen LogP contribution in [0.15, 0.2) is 49.6 Å². The van der Waals surface area contributed by atoms with Gasteiger partial charge in [0.05, 0.1) is 22.8 Å². The van der Waals surface area contributed by atoms with Crippen molar-refractivity contribution in [2.24, 2.45) is 17.8 Å². The summed E-state index contributed by atoms with van der Waals surface area (Å²) >= 11 is 0. The molecular weight excluding hydrogens is 584 g/mol. The first-order valence-electron chi connectivity index (χ1n) is 15.4. The lowest BCUT2D eigenvalue weighted by atomic mass is 9.93. The van der Waals surface area contributed by atoms with Crippen molar-refractivity contribution >= 4 is 39.5 Å². The lowest BCUT2D eigenvalue weighted by Gasteiger charge is -2.26. The number of rotatable bonds is 13. The number of allylic oxidation sites excluding steroid dienone is 1. The van der Waals surface area contributed by atoms with Gasteiger partial charge in [-0.05, 0) is 69.4 Å². The van der Waals surface area contributed by atoms with E-state index in [1.165, 1.54) is 6.08 Å². The summed E-state index contributed by atoms with van der Waals surface area (Å²) in [7, 11) is -2.14. The summed E-state index contributed by atoms with van der Waals surface area (Å²) in [6.45, 7) is 8.45. The lowest BCUT2D eigenvalue weighted by Crippen LogP contribution is -2.54. The molecule has 4 amide bonds. The minimum Gasteiger partial charge on any atom is -0.446 e. The molecule has 12 heteroatoms. The van der Waals surface area contributed by atoms with E-state index in [2.05, 4.69) is 23.2 Å². The lowest BCUT2D eigenvalue weighted by molar-refractivity contribution is -0.140. The average molecular weight is 627 g/mol. The van der Waals surface area contributed by atoms with Crippen molar-refractivity contribution in [2.45, 2.75) is 74.7 Å². The number of hydrogen-bond acceptors (Lipinski definition) is 7. The van der Waals surface area contributed by atoms with Crippen LogP contribution < -0.4 is 14.9 Å². The SMILES string of the molecule is C=CCCCCN(C)C(=O)C1CC(OC(=O)N2CCc3ccccc32)CC1C(=O)NC1(C(=O)NS(=O)(=O)C2CC2)CC1C=C. The fraction of sp³-hybridized carbons (Fsp3) is 0.562. The van der Waals surface area contributed by atoms with E-state index in [1.807, 2.05) is 30.3 Å². The summed E-state index contributed by atoms with van der Waals surface area (Å²) in [6.07, 6.45) is 6.76. The zero-order valence-corrected chi connectivity index (χ0v) is 26.0. The van der Waals surface area contributed by atoms with Gasteiger partial charge in [0.15, 0.2) is 0 Å². The Morgan fingerprint density at radius 3 is 2.52 bits per heavy atom. The number of ether oxygens (including phenoxy) is 1. The number of nitrogens with zero attached hydrogens (tertiary/aromatic N) is 2. The second-order valence-electron chi connectivity index (χ2n) is 12.4. The van der Waals surface area contributed by atoms with E-state index in [-0.39, 0.29) is 25.2 Å². The molecule has 5 rings (SSSR count). The summed E-state index contributed by atoms with van der Waals surface area (Å²) in [4.78, 5) is 57.2. The summed E-state index contributed by atoms with van der Waals surface area (Å²) in [5, 5.41) is 2.20. The van der Waals surface area contributed by atoms with Gasteiger partial charge in [0.1, 0.15) is 11.6 Å². The highest BCUT2D eigenvalue weighted by atomic mass is 32.2. The molecular formula is C32H42N4O7S. The van der Waals surface area contributed by atoms with Gasteiger partial charge in [-0.3, -0.25) is 24.0 Å². The normalized spacial score (nSPS) is 27.2. The molecule has 1 aromatic rings. The van der Waals surface area contributed by atoms with E-state index in [1.54, 1.807) is 16.8 Å². The van der Waals surface area contributed by atoms with Gasteiger partial charge in [0, 0.05) is 26.1 Å². The predicted molar refractivity (Wildman–Crippen MR) is 165 cm³/mol. The number of sulfonamides is 1. The van der Waals surface area contributed by atoms with E-state index < -0.39 is 62.6 Å². The molecule has 0 saturated heterocycles. The Morgan fingerprint density at radius 2 is 1.84 bits per heavy atom. The zero-order chi connectivity index (χ0) is 31.6. The molecule has 1 aliphatic heterocycles. The molecule has 11 nitrogen and oxygen atoms in total. The molecule has 3 saturated carbocycles. The summed E-state index contributed by atoms with van der Waals surface area (Å²) in [6, 6.07) is 7.61. The Kier molecular flexibility index (Phi) is 9.20. The molecule has 5 unspecified atom stereocenters. The monoisotopic (exact) mass is 626 g/mol. The van der Waals surface area contributed by atoms with Crippen LogP contribution in [0, 0.1) is 17.8 Å².